The molecule has 0 saturated carbocycles. The molecule has 7 heteroatoms. The Morgan fingerprint density at radius 3 is 2.41 bits per heavy atom. The molecule has 4 rings (SSSR count). The van der Waals surface area contributed by atoms with E-state index in [0.717, 1.165) is 16.7 Å². The van der Waals surface area contributed by atoms with Crippen molar-refractivity contribution >= 4 is 21.7 Å². The summed E-state index contributed by atoms with van der Waals surface area (Å²) in [4.78, 5) is 14.9. The quantitative estimate of drug-likeness (QED) is 0.404. The standard InChI is InChI=1S/C27H20N2O4S/c1-19-7-2-4-11-24(19)22-9-6-10-23(17-22)34(32,33)29-25-12-5-3-8-21(25)15-13-20-14-16-26(27(30)31)28-18-20/h2-12,14,16-18,29H,1H3,(H,30,31). The Balaban J connectivity index is 1.62. The Labute approximate surface area is 198 Å². The average molecular weight is 469 g/mol. The molecule has 1 aromatic heterocycles. The highest BCUT2D eigenvalue weighted by molar-refractivity contribution is 7.92. The smallest absolute Gasteiger partial charge is 0.354 e. The highest BCUT2D eigenvalue weighted by Crippen LogP contribution is 2.27. The first-order valence-corrected chi connectivity index (χ1v) is 11.8. The Kier molecular flexibility index (Phi) is 6.44. The number of para-hydroxylation sites is 1. The Bertz CT molecular complexity index is 1530. The molecule has 0 unspecified atom stereocenters. The van der Waals surface area contributed by atoms with Gasteiger partial charge in [-0.3, -0.25) is 4.72 Å². The number of hydrogen-bond acceptors (Lipinski definition) is 4. The van der Waals surface area contributed by atoms with Crippen molar-refractivity contribution in [3.63, 3.8) is 0 Å². The monoisotopic (exact) mass is 468 g/mol. The van der Waals surface area contributed by atoms with Gasteiger partial charge < -0.3 is 5.11 Å². The lowest BCUT2D eigenvalue weighted by molar-refractivity contribution is 0.0690. The molecule has 2 N–H and O–H groups in total. The second-order valence-corrected chi connectivity index (χ2v) is 9.16. The molecule has 1 heterocycles. The molecule has 0 aliphatic rings. The van der Waals surface area contributed by atoms with Gasteiger partial charge in [0, 0.05) is 17.3 Å². The van der Waals surface area contributed by atoms with E-state index in [4.69, 9.17) is 5.11 Å². The molecule has 3 aromatic carbocycles. The van der Waals surface area contributed by atoms with Crippen molar-refractivity contribution < 1.29 is 18.3 Å². The van der Waals surface area contributed by atoms with E-state index in [1.165, 1.54) is 12.3 Å². The fourth-order valence-electron chi connectivity index (χ4n) is 3.35. The SMILES string of the molecule is Cc1ccccc1-c1cccc(S(=O)(=O)Nc2ccccc2C#Cc2ccc(C(=O)O)nc2)c1. The number of anilines is 1. The molecule has 34 heavy (non-hydrogen) atoms. The fraction of sp³-hybridized carbons (Fsp3) is 0.0370. The minimum Gasteiger partial charge on any atom is -0.477 e. The number of carboxylic acid groups (broad SMARTS) is 1. The summed E-state index contributed by atoms with van der Waals surface area (Å²) >= 11 is 0. The van der Waals surface area contributed by atoms with Crippen molar-refractivity contribution in [2.45, 2.75) is 11.8 Å². The molecule has 0 amide bonds. The first-order valence-electron chi connectivity index (χ1n) is 10.3. The van der Waals surface area contributed by atoms with E-state index in [2.05, 4.69) is 21.5 Å². The van der Waals surface area contributed by atoms with E-state index in [1.807, 2.05) is 37.3 Å². The largest absolute Gasteiger partial charge is 0.477 e. The number of aromatic carboxylic acids is 1. The van der Waals surface area contributed by atoms with E-state index in [9.17, 15) is 13.2 Å². The molecule has 0 fully saturated rings. The van der Waals surface area contributed by atoms with Gasteiger partial charge >= 0.3 is 5.97 Å². The van der Waals surface area contributed by atoms with E-state index in [-0.39, 0.29) is 10.6 Å². The maximum Gasteiger partial charge on any atom is 0.354 e. The van der Waals surface area contributed by atoms with Crippen molar-refractivity contribution in [3.8, 4) is 23.0 Å². The zero-order valence-electron chi connectivity index (χ0n) is 18.2. The first kappa shape index (κ1) is 22.8. The van der Waals surface area contributed by atoms with Crippen LogP contribution in [0.1, 0.15) is 27.2 Å². The van der Waals surface area contributed by atoms with Gasteiger partial charge in [-0.15, -0.1) is 0 Å². The summed E-state index contributed by atoms with van der Waals surface area (Å²) in [6.07, 6.45) is 1.36. The fourth-order valence-corrected chi connectivity index (χ4v) is 4.47. The van der Waals surface area contributed by atoms with Crippen LogP contribution in [0.2, 0.25) is 0 Å². The molecular formula is C27H20N2O4S. The zero-order valence-corrected chi connectivity index (χ0v) is 19.0. The number of carboxylic acids is 1. The summed E-state index contributed by atoms with van der Waals surface area (Å²) in [6, 6.07) is 24.3. The lowest BCUT2D eigenvalue weighted by atomic mass is 10.0. The van der Waals surface area contributed by atoms with Crippen LogP contribution in [0.5, 0.6) is 0 Å². The van der Waals surface area contributed by atoms with E-state index < -0.39 is 16.0 Å². The third-order valence-electron chi connectivity index (χ3n) is 5.10. The van der Waals surface area contributed by atoms with Crippen LogP contribution in [0.25, 0.3) is 11.1 Å². The number of pyridine rings is 1. The lowest BCUT2D eigenvalue weighted by Crippen LogP contribution is -2.14. The summed E-state index contributed by atoms with van der Waals surface area (Å²) in [5, 5.41) is 8.95. The summed E-state index contributed by atoms with van der Waals surface area (Å²) < 4.78 is 29.0. The summed E-state index contributed by atoms with van der Waals surface area (Å²) in [5.74, 6) is 4.70. The van der Waals surface area contributed by atoms with Crippen LogP contribution >= 0.6 is 0 Å². The van der Waals surface area contributed by atoms with Crippen molar-refractivity contribution in [2.24, 2.45) is 0 Å². The predicted octanol–water partition coefficient (Wildman–Crippen LogP) is 4.96. The highest BCUT2D eigenvalue weighted by atomic mass is 32.2. The first-order chi connectivity index (χ1) is 16.3. The molecule has 0 bridgehead atoms. The minimum atomic E-state index is -3.87. The van der Waals surface area contributed by atoms with Gasteiger partial charge in [-0.1, -0.05) is 60.4 Å². The van der Waals surface area contributed by atoms with Crippen LogP contribution in [0.4, 0.5) is 5.69 Å². The number of aryl methyl sites for hydroxylation is 1. The van der Waals surface area contributed by atoms with Gasteiger partial charge in [0.1, 0.15) is 5.69 Å². The normalized spacial score (nSPS) is 10.7. The Morgan fingerprint density at radius 2 is 1.68 bits per heavy atom. The number of hydrogen-bond donors (Lipinski definition) is 2. The molecule has 0 spiro atoms. The average Bonchev–Trinajstić information content (AvgIpc) is 2.84. The number of sulfonamides is 1. The van der Waals surface area contributed by atoms with Crippen LogP contribution in [0, 0.1) is 18.8 Å². The van der Waals surface area contributed by atoms with Crippen LogP contribution in [0.15, 0.2) is 96.0 Å². The molecule has 168 valence electrons. The van der Waals surface area contributed by atoms with Crippen molar-refractivity contribution in [1.82, 2.24) is 4.98 Å². The Morgan fingerprint density at radius 1 is 0.912 bits per heavy atom. The number of benzene rings is 3. The number of nitrogens with one attached hydrogen (secondary N) is 1. The van der Waals surface area contributed by atoms with Crippen molar-refractivity contribution in [2.75, 3.05) is 4.72 Å². The summed E-state index contributed by atoms with van der Waals surface area (Å²) in [6.45, 7) is 1.98. The maximum atomic E-state index is 13.2. The van der Waals surface area contributed by atoms with Gasteiger partial charge in [0.15, 0.2) is 0 Å². The van der Waals surface area contributed by atoms with Gasteiger partial charge in [0.2, 0.25) is 0 Å². The second kappa shape index (κ2) is 9.61. The third kappa shape index (κ3) is 5.14. The second-order valence-electron chi connectivity index (χ2n) is 7.48. The van der Waals surface area contributed by atoms with E-state index in [0.29, 0.717) is 16.8 Å². The number of carbonyl (C=O) groups is 1. The molecule has 6 nitrogen and oxygen atoms in total. The maximum absolute atomic E-state index is 13.2. The van der Waals surface area contributed by atoms with Gasteiger partial charge in [0.25, 0.3) is 10.0 Å². The van der Waals surface area contributed by atoms with Crippen LogP contribution < -0.4 is 4.72 Å². The number of rotatable bonds is 5. The number of nitrogens with zero attached hydrogens (tertiary/aromatic N) is 1. The topological polar surface area (TPSA) is 96.4 Å². The number of aromatic nitrogens is 1. The van der Waals surface area contributed by atoms with Gasteiger partial charge in [-0.2, -0.15) is 0 Å². The molecule has 0 aliphatic heterocycles. The van der Waals surface area contributed by atoms with Crippen molar-refractivity contribution in [3.05, 3.63) is 114 Å². The van der Waals surface area contributed by atoms with Gasteiger partial charge in [-0.05, 0) is 60.0 Å². The third-order valence-corrected chi connectivity index (χ3v) is 6.46. The molecule has 0 aliphatic carbocycles. The Hall–Kier alpha value is -4.41. The van der Waals surface area contributed by atoms with Gasteiger partial charge in [0.05, 0.1) is 10.6 Å². The molecule has 0 radical (unpaired) electrons. The predicted molar refractivity (Wildman–Crippen MR) is 131 cm³/mol. The molecule has 4 aromatic rings. The molecule has 0 atom stereocenters. The zero-order chi connectivity index (χ0) is 24.1. The summed E-state index contributed by atoms with van der Waals surface area (Å²) in [5.41, 5.74) is 4.08. The van der Waals surface area contributed by atoms with Crippen LogP contribution in [-0.2, 0) is 10.0 Å². The molecule has 0 saturated heterocycles. The minimum absolute atomic E-state index is 0.0772. The summed E-state index contributed by atoms with van der Waals surface area (Å²) in [7, 11) is -3.87. The van der Waals surface area contributed by atoms with E-state index in [1.54, 1.807) is 48.5 Å². The van der Waals surface area contributed by atoms with Crippen LogP contribution in [0.3, 0.4) is 0 Å². The lowest BCUT2D eigenvalue weighted by Gasteiger charge is -2.12. The van der Waals surface area contributed by atoms with Crippen molar-refractivity contribution in [1.29, 1.82) is 0 Å². The van der Waals surface area contributed by atoms with Crippen LogP contribution in [-0.4, -0.2) is 24.5 Å². The van der Waals surface area contributed by atoms with Gasteiger partial charge in [-0.25, -0.2) is 18.2 Å². The molecular weight excluding hydrogens is 448 g/mol. The van der Waals surface area contributed by atoms with E-state index >= 15 is 0 Å². The highest BCUT2D eigenvalue weighted by Gasteiger charge is 2.17.